The molecule has 1 rings (SSSR count). The summed E-state index contributed by atoms with van der Waals surface area (Å²) in [6.07, 6.45) is 1.38. The van der Waals surface area contributed by atoms with Gasteiger partial charge in [-0.2, -0.15) is 0 Å². The molecule has 2 unspecified atom stereocenters. The summed E-state index contributed by atoms with van der Waals surface area (Å²) in [4.78, 5) is 0. The molecule has 1 aromatic rings. The molecule has 0 heterocycles. The maximum absolute atomic E-state index is 2.27. The van der Waals surface area contributed by atoms with Crippen molar-refractivity contribution in [2.24, 2.45) is 0 Å². The average molecular weight is 171 g/mol. The Balaban J connectivity index is 2.43. The van der Waals surface area contributed by atoms with Crippen molar-refractivity contribution in [1.82, 2.24) is 0 Å². The van der Waals surface area contributed by atoms with Gasteiger partial charge in [-0.25, -0.2) is 0 Å². The Labute approximate surface area is 65.9 Å². The highest BCUT2D eigenvalue weighted by Crippen LogP contribution is 2.34. The summed E-state index contributed by atoms with van der Waals surface area (Å²) in [5, 5.41) is 1.53. The zero-order valence-electron chi connectivity index (χ0n) is 6.17. The number of hydrogen-bond donors (Lipinski definition) is 0. The van der Waals surface area contributed by atoms with E-state index in [1.54, 1.807) is 0 Å². The van der Waals surface area contributed by atoms with Crippen LogP contribution >= 0.6 is 16.5 Å². The Bertz CT molecular complexity index is 172. The standard InChI is InChI=1S/C8H12P2/c1-2-9-10-8-6-4-3-5-7-8/h3-7,9-10H,2H2,1H3/p+1. The van der Waals surface area contributed by atoms with Crippen molar-refractivity contribution in [3.63, 3.8) is 0 Å². The number of hydrogen-bond acceptors (Lipinski definition) is 0. The van der Waals surface area contributed by atoms with E-state index in [0.29, 0.717) is 8.27 Å². The lowest BCUT2D eigenvalue weighted by Crippen LogP contribution is -1.87. The van der Waals surface area contributed by atoms with Crippen LogP contribution in [0, 0.1) is 0 Å². The van der Waals surface area contributed by atoms with Crippen LogP contribution in [0.25, 0.3) is 0 Å². The molecule has 0 N–H and O–H groups in total. The van der Waals surface area contributed by atoms with Crippen LogP contribution in [0.3, 0.4) is 0 Å². The first-order valence-corrected chi connectivity index (χ1v) is 7.19. The van der Waals surface area contributed by atoms with Gasteiger partial charge in [0.05, 0.1) is 14.4 Å². The van der Waals surface area contributed by atoms with Gasteiger partial charge in [-0.15, -0.1) is 0 Å². The Morgan fingerprint density at radius 1 is 1.30 bits per heavy atom. The van der Waals surface area contributed by atoms with Crippen LogP contribution in [0.1, 0.15) is 6.92 Å². The SMILES string of the molecule is CC[PH2+]Pc1ccccc1. The maximum atomic E-state index is 2.27. The molecule has 2 atom stereocenters. The highest BCUT2D eigenvalue weighted by atomic mass is 32.0. The Morgan fingerprint density at radius 2 is 2.00 bits per heavy atom. The topological polar surface area (TPSA) is 0 Å². The summed E-state index contributed by atoms with van der Waals surface area (Å²) in [6, 6.07) is 10.8. The summed E-state index contributed by atoms with van der Waals surface area (Å²) in [7, 11) is 1.77. The number of rotatable bonds is 3. The molecule has 0 nitrogen and oxygen atoms in total. The van der Waals surface area contributed by atoms with Crippen molar-refractivity contribution in [2.75, 3.05) is 6.16 Å². The zero-order valence-corrected chi connectivity index (χ0v) is 8.33. The molecule has 0 amide bonds. The Kier molecular flexibility index (Phi) is 3.95. The van der Waals surface area contributed by atoms with Gasteiger partial charge >= 0.3 is 0 Å². The Morgan fingerprint density at radius 3 is 2.60 bits per heavy atom. The predicted molar refractivity (Wildman–Crippen MR) is 54.6 cm³/mol. The molecule has 0 fully saturated rings. The molecule has 0 saturated carbocycles. The van der Waals surface area contributed by atoms with E-state index in [9.17, 15) is 0 Å². The van der Waals surface area contributed by atoms with E-state index >= 15 is 0 Å². The third kappa shape index (κ3) is 2.78. The van der Waals surface area contributed by atoms with Gasteiger partial charge in [-0.1, -0.05) is 30.3 Å². The molecule has 54 valence electrons. The summed E-state index contributed by atoms with van der Waals surface area (Å²) in [5.41, 5.74) is 0. The van der Waals surface area contributed by atoms with Crippen LogP contribution in [0.2, 0.25) is 0 Å². The fraction of sp³-hybridized carbons (Fsp3) is 0.250. The van der Waals surface area contributed by atoms with Gasteiger partial charge in [0, 0.05) is 13.6 Å². The molecule has 0 spiro atoms. The fourth-order valence-electron chi connectivity index (χ4n) is 0.754. The first kappa shape index (κ1) is 8.18. The lowest BCUT2D eigenvalue weighted by atomic mass is 10.4. The second-order valence-electron chi connectivity index (χ2n) is 2.12. The van der Waals surface area contributed by atoms with Crippen LogP contribution in [0.4, 0.5) is 0 Å². The van der Waals surface area contributed by atoms with Crippen molar-refractivity contribution in [2.45, 2.75) is 6.92 Å². The summed E-state index contributed by atoms with van der Waals surface area (Å²) in [6.45, 7) is 2.27. The third-order valence-electron chi connectivity index (χ3n) is 1.25. The van der Waals surface area contributed by atoms with Crippen LogP contribution in [0.15, 0.2) is 30.3 Å². The molecule has 0 radical (unpaired) electrons. The molecule has 0 aromatic heterocycles. The van der Waals surface area contributed by atoms with Crippen molar-refractivity contribution >= 4 is 21.8 Å². The highest BCUT2D eigenvalue weighted by molar-refractivity contribution is 8.15. The molecule has 10 heavy (non-hydrogen) atoms. The minimum Gasteiger partial charge on any atom is -0.0622 e. The fourth-order valence-corrected chi connectivity index (χ4v) is 3.48. The lowest BCUT2D eigenvalue weighted by Gasteiger charge is -1.91. The van der Waals surface area contributed by atoms with Gasteiger partial charge < -0.3 is 0 Å². The molecule has 0 aliphatic heterocycles. The molecule has 0 aliphatic carbocycles. The van der Waals surface area contributed by atoms with Crippen molar-refractivity contribution < 1.29 is 0 Å². The molecule has 1 aromatic carbocycles. The second-order valence-corrected chi connectivity index (χ2v) is 6.30. The highest BCUT2D eigenvalue weighted by Gasteiger charge is 1.93. The lowest BCUT2D eigenvalue weighted by molar-refractivity contribution is 1.53. The first-order valence-electron chi connectivity index (χ1n) is 3.56. The molecule has 0 aliphatic rings. The normalized spacial score (nSPS) is 12.1. The van der Waals surface area contributed by atoms with Crippen molar-refractivity contribution in [3.8, 4) is 0 Å². The number of benzene rings is 1. The van der Waals surface area contributed by atoms with Crippen LogP contribution in [-0.2, 0) is 0 Å². The van der Waals surface area contributed by atoms with Crippen LogP contribution in [0.5, 0.6) is 0 Å². The Hall–Kier alpha value is 0.0800. The van der Waals surface area contributed by atoms with Crippen molar-refractivity contribution in [3.05, 3.63) is 30.3 Å². The van der Waals surface area contributed by atoms with E-state index in [0.717, 1.165) is 8.27 Å². The molecule has 2 heteroatoms. The maximum Gasteiger partial charge on any atom is 0.0678 e. The van der Waals surface area contributed by atoms with Gasteiger partial charge in [0.25, 0.3) is 0 Å². The van der Waals surface area contributed by atoms with Gasteiger partial charge in [0.15, 0.2) is 0 Å². The van der Waals surface area contributed by atoms with E-state index in [-0.39, 0.29) is 0 Å². The summed E-state index contributed by atoms with van der Waals surface area (Å²) in [5.74, 6) is 0. The second kappa shape index (κ2) is 4.83. The molecule has 0 bridgehead atoms. The molecular formula is C8H13P2+. The third-order valence-corrected chi connectivity index (χ3v) is 5.36. The van der Waals surface area contributed by atoms with Gasteiger partial charge in [0.2, 0.25) is 0 Å². The minimum absolute atomic E-state index is 0.686. The average Bonchev–Trinajstić information content (AvgIpc) is 2.03. The van der Waals surface area contributed by atoms with E-state index in [1.807, 2.05) is 0 Å². The van der Waals surface area contributed by atoms with E-state index < -0.39 is 0 Å². The van der Waals surface area contributed by atoms with Crippen molar-refractivity contribution in [1.29, 1.82) is 0 Å². The van der Waals surface area contributed by atoms with E-state index in [4.69, 9.17) is 0 Å². The van der Waals surface area contributed by atoms with Gasteiger partial charge in [-0.3, -0.25) is 0 Å². The monoisotopic (exact) mass is 171 g/mol. The van der Waals surface area contributed by atoms with Crippen LogP contribution < -0.4 is 5.30 Å². The molecular weight excluding hydrogens is 158 g/mol. The largest absolute Gasteiger partial charge is 0.0678 e. The first-order chi connectivity index (χ1) is 4.93. The zero-order chi connectivity index (χ0) is 7.23. The van der Waals surface area contributed by atoms with Gasteiger partial charge in [-0.05, 0) is 6.92 Å². The summed E-state index contributed by atoms with van der Waals surface area (Å²) >= 11 is 0. The predicted octanol–water partition coefficient (Wildman–Crippen LogP) is 2.34. The van der Waals surface area contributed by atoms with E-state index in [1.165, 1.54) is 11.5 Å². The molecule has 0 saturated heterocycles. The van der Waals surface area contributed by atoms with Crippen LogP contribution in [-0.4, -0.2) is 6.16 Å². The van der Waals surface area contributed by atoms with E-state index in [2.05, 4.69) is 37.3 Å². The minimum atomic E-state index is 0.686. The quantitative estimate of drug-likeness (QED) is 0.612. The summed E-state index contributed by atoms with van der Waals surface area (Å²) < 4.78 is 0. The van der Waals surface area contributed by atoms with Gasteiger partial charge in [0.1, 0.15) is 0 Å². The smallest absolute Gasteiger partial charge is 0.0622 e.